The standard InChI is InChI=1S/C18H18N4O3S/c1-24-16-7-3-2-5-13(16)9-21-11-15(19-20-21)18-22(17(23)12-26-18)10-14-6-4-8-25-14/h2-8,11,18H,9-10,12H2,1H3/t18-/m1/s1. The molecule has 2 aromatic heterocycles. The summed E-state index contributed by atoms with van der Waals surface area (Å²) in [4.78, 5) is 14.0. The molecule has 1 amide bonds. The first-order valence-electron chi connectivity index (χ1n) is 8.20. The fourth-order valence-corrected chi connectivity index (χ4v) is 4.07. The predicted octanol–water partition coefficient (Wildman–Crippen LogP) is 2.70. The van der Waals surface area contributed by atoms with Crippen molar-refractivity contribution < 1.29 is 13.9 Å². The molecule has 8 heteroatoms. The summed E-state index contributed by atoms with van der Waals surface area (Å²) >= 11 is 1.56. The van der Waals surface area contributed by atoms with E-state index < -0.39 is 0 Å². The lowest BCUT2D eigenvalue weighted by molar-refractivity contribution is -0.128. The number of para-hydroxylation sites is 1. The Bertz CT molecular complexity index is 893. The van der Waals surface area contributed by atoms with Gasteiger partial charge in [0.1, 0.15) is 22.6 Å². The van der Waals surface area contributed by atoms with Crippen LogP contribution in [0.25, 0.3) is 0 Å². The summed E-state index contributed by atoms with van der Waals surface area (Å²) in [5.41, 5.74) is 1.79. The van der Waals surface area contributed by atoms with Crippen molar-refractivity contribution in [3.05, 3.63) is 65.9 Å². The SMILES string of the molecule is COc1ccccc1Cn1cc([C@H]2SCC(=O)N2Cc2ccco2)nn1. The highest BCUT2D eigenvalue weighted by Crippen LogP contribution is 2.38. The van der Waals surface area contributed by atoms with E-state index in [0.29, 0.717) is 18.8 Å². The van der Waals surface area contributed by atoms with Crippen LogP contribution in [0.4, 0.5) is 0 Å². The van der Waals surface area contributed by atoms with Gasteiger partial charge in [0, 0.05) is 5.56 Å². The second-order valence-corrected chi connectivity index (χ2v) is 6.99. The van der Waals surface area contributed by atoms with Gasteiger partial charge in [0.05, 0.1) is 38.4 Å². The van der Waals surface area contributed by atoms with Crippen molar-refractivity contribution in [1.29, 1.82) is 0 Å². The zero-order valence-corrected chi connectivity index (χ0v) is 15.1. The molecular formula is C18H18N4O3S. The van der Waals surface area contributed by atoms with Crippen LogP contribution >= 0.6 is 11.8 Å². The Balaban J connectivity index is 1.52. The molecule has 7 nitrogen and oxygen atoms in total. The Morgan fingerprint density at radius 3 is 2.96 bits per heavy atom. The van der Waals surface area contributed by atoms with E-state index in [9.17, 15) is 4.79 Å². The number of methoxy groups -OCH3 is 1. The minimum atomic E-state index is -0.154. The van der Waals surface area contributed by atoms with E-state index in [-0.39, 0.29) is 11.3 Å². The van der Waals surface area contributed by atoms with Gasteiger partial charge in [0.2, 0.25) is 5.91 Å². The highest BCUT2D eigenvalue weighted by atomic mass is 32.2. The summed E-state index contributed by atoms with van der Waals surface area (Å²) in [5, 5.41) is 8.36. The molecule has 1 atom stereocenters. The van der Waals surface area contributed by atoms with Crippen LogP contribution in [0.2, 0.25) is 0 Å². The Morgan fingerprint density at radius 1 is 1.27 bits per heavy atom. The molecule has 3 heterocycles. The Labute approximate surface area is 154 Å². The molecule has 0 saturated carbocycles. The number of hydrogen-bond acceptors (Lipinski definition) is 6. The van der Waals surface area contributed by atoms with Crippen molar-refractivity contribution >= 4 is 17.7 Å². The largest absolute Gasteiger partial charge is 0.496 e. The smallest absolute Gasteiger partial charge is 0.234 e. The number of carbonyl (C=O) groups excluding carboxylic acids is 1. The topological polar surface area (TPSA) is 73.4 Å². The summed E-state index contributed by atoms with van der Waals surface area (Å²) in [5.74, 6) is 2.09. The lowest BCUT2D eigenvalue weighted by Gasteiger charge is -2.20. The van der Waals surface area contributed by atoms with Crippen molar-refractivity contribution in [2.24, 2.45) is 0 Å². The van der Waals surface area contributed by atoms with Gasteiger partial charge in [-0.3, -0.25) is 4.79 Å². The van der Waals surface area contributed by atoms with Gasteiger partial charge in [0.25, 0.3) is 0 Å². The van der Waals surface area contributed by atoms with Crippen molar-refractivity contribution in [1.82, 2.24) is 19.9 Å². The van der Waals surface area contributed by atoms with Crippen LogP contribution in [0.15, 0.2) is 53.3 Å². The predicted molar refractivity (Wildman–Crippen MR) is 96.6 cm³/mol. The van der Waals surface area contributed by atoms with Crippen molar-refractivity contribution in [2.75, 3.05) is 12.9 Å². The maximum atomic E-state index is 12.3. The number of aromatic nitrogens is 3. The fourth-order valence-electron chi connectivity index (χ4n) is 2.95. The van der Waals surface area contributed by atoms with Gasteiger partial charge in [-0.05, 0) is 18.2 Å². The van der Waals surface area contributed by atoms with Gasteiger partial charge in [0.15, 0.2) is 0 Å². The van der Waals surface area contributed by atoms with Gasteiger partial charge in [-0.1, -0.05) is 23.4 Å². The third-order valence-corrected chi connectivity index (χ3v) is 5.43. The molecule has 0 aliphatic carbocycles. The fraction of sp³-hybridized carbons (Fsp3) is 0.278. The zero-order chi connectivity index (χ0) is 17.9. The summed E-state index contributed by atoms with van der Waals surface area (Å²) in [7, 11) is 1.65. The van der Waals surface area contributed by atoms with Gasteiger partial charge in [-0.15, -0.1) is 16.9 Å². The zero-order valence-electron chi connectivity index (χ0n) is 14.2. The van der Waals surface area contributed by atoms with E-state index in [1.165, 1.54) is 0 Å². The van der Waals surface area contributed by atoms with Crippen LogP contribution in [0.1, 0.15) is 22.4 Å². The molecule has 1 fully saturated rings. The van der Waals surface area contributed by atoms with Crippen molar-refractivity contribution in [2.45, 2.75) is 18.5 Å². The molecule has 0 radical (unpaired) electrons. The first-order valence-corrected chi connectivity index (χ1v) is 9.25. The quantitative estimate of drug-likeness (QED) is 0.664. The van der Waals surface area contributed by atoms with Crippen LogP contribution < -0.4 is 4.74 Å². The molecule has 1 aromatic carbocycles. The van der Waals surface area contributed by atoms with E-state index in [1.54, 1.807) is 34.7 Å². The maximum absolute atomic E-state index is 12.3. The molecule has 134 valence electrons. The van der Waals surface area contributed by atoms with E-state index in [2.05, 4.69) is 10.3 Å². The molecule has 1 aliphatic rings. The van der Waals surface area contributed by atoms with E-state index >= 15 is 0 Å². The molecule has 0 spiro atoms. The molecule has 1 aliphatic heterocycles. The number of amides is 1. The number of ether oxygens (including phenoxy) is 1. The minimum Gasteiger partial charge on any atom is -0.496 e. The molecule has 0 N–H and O–H groups in total. The Hall–Kier alpha value is -2.74. The van der Waals surface area contributed by atoms with Gasteiger partial charge < -0.3 is 14.1 Å². The third-order valence-electron chi connectivity index (χ3n) is 4.21. The lowest BCUT2D eigenvalue weighted by atomic mass is 10.2. The average Bonchev–Trinajstić information content (AvgIpc) is 3.39. The van der Waals surface area contributed by atoms with Crippen LogP contribution in [-0.2, 0) is 17.9 Å². The van der Waals surface area contributed by atoms with Crippen LogP contribution in [-0.4, -0.2) is 38.7 Å². The van der Waals surface area contributed by atoms with E-state index in [1.807, 2.05) is 42.6 Å². The molecule has 4 rings (SSSR count). The van der Waals surface area contributed by atoms with Gasteiger partial charge >= 0.3 is 0 Å². The molecular weight excluding hydrogens is 352 g/mol. The van der Waals surface area contributed by atoms with Crippen LogP contribution in [0.3, 0.4) is 0 Å². The first-order chi connectivity index (χ1) is 12.7. The number of rotatable bonds is 6. The van der Waals surface area contributed by atoms with Crippen LogP contribution in [0, 0.1) is 0 Å². The van der Waals surface area contributed by atoms with E-state index in [0.717, 1.165) is 22.8 Å². The van der Waals surface area contributed by atoms with Crippen LogP contribution in [0.5, 0.6) is 5.75 Å². The number of hydrogen-bond donors (Lipinski definition) is 0. The highest BCUT2D eigenvalue weighted by Gasteiger charge is 2.35. The Morgan fingerprint density at radius 2 is 2.15 bits per heavy atom. The summed E-state index contributed by atoms with van der Waals surface area (Å²) in [6.45, 7) is 0.989. The molecule has 0 bridgehead atoms. The Kier molecular flexibility index (Phi) is 4.66. The van der Waals surface area contributed by atoms with Gasteiger partial charge in [-0.25, -0.2) is 4.68 Å². The number of nitrogens with zero attached hydrogens (tertiary/aromatic N) is 4. The summed E-state index contributed by atoms with van der Waals surface area (Å²) in [6.07, 6.45) is 3.50. The summed E-state index contributed by atoms with van der Waals surface area (Å²) in [6, 6.07) is 11.5. The monoisotopic (exact) mass is 370 g/mol. The number of furan rings is 1. The molecule has 0 unspecified atom stereocenters. The molecule has 3 aromatic rings. The number of thioether (sulfide) groups is 1. The van der Waals surface area contributed by atoms with Crippen molar-refractivity contribution in [3.8, 4) is 5.75 Å². The maximum Gasteiger partial charge on any atom is 0.234 e. The number of carbonyl (C=O) groups is 1. The molecule has 1 saturated heterocycles. The first kappa shape index (κ1) is 16.7. The highest BCUT2D eigenvalue weighted by molar-refractivity contribution is 8.00. The summed E-state index contributed by atoms with van der Waals surface area (Å²) < 4.78 is 12.5. The van der Waals surface area contributed by atoms with E-state index in [4.69, 9.17) is 9.15 Å². The lowest BCUT2D eigenvalue weighted by Crippen LogP contribution is -2.27. The second-order valence-electron chi connectivity index (χ2n) is 5.92. The normalized spacial score (nSPS) is 17.0. The minimum absolute atomic E-state index is 0.0793. The second kappa shape index (κ2) is 7.25. The number of benzene rings is 1. The third kappa shape index (κ3) is 3.32. The van der Waals surface area contributed by atoms with Gasteiger partial charge in [-0.2, -0.15) is 0 Å². The molecule has 26 heavy (non-hydrogen) atoms. The van der Waals surface area contributed by atoms with Crippen molar-refractivity contribution in [3.63, 3.8) is 0 Å². The average molecular weight is 370 g/mol.